The highest BCUT2D eigenvalue weighted by molar-refractivity contribution is 9.10. The number of carbonyl (C=O) groups is 2. The van der Waals surface area contributed by atoms with Gasteiger partial charge < -0.3 is 19.5 Å². The number of hydrogen-bond acceptors (Lipinski definition) is 5. The Hall–Kier alpha value is -2.64. The summed E-state index contributed by atoms with van der Waals surface area (Å²) in [5.41, 5.74) is 2.29. The van der Waals surface area contributed by atoms with Gasteiger partial charge >= 0.3 is 0 Å². The summed E-state index contributed by atoms with van der Waals surface area (Å²) in [4.78, 5) is 27.3. The number of rotatable bonds is 7. The molecule has 0 aliphatic carbocycles. The Balaban J connectivity index is 2.13. The SMILES string of the molecule is COCCCN1C(=O)C(=O)/C(=C(\O)c2ccc(OC)c(Br)c2)C1c1cccc(C)c1. The van der Waals surface area contributed by atoms with E-state index in [1.807, 2.05) is 31.2 Å². The van der Waals surface area contributed by atoms with E-state index in [0.717, 1.165) is 11.1 Å². The van der Waals surface area contributed by atoms with Gasteiger partial charge in [0.25, 0.3) is 11.7 Å². The van der Waals surface area contributed by atoms with Crippen LogP contribution < -0.4 is 4.74 Å². The molecule has 30 heavy (non-hydrogen) atoms. The number of aliphatic hydroxyl groups excluding tert-OH is 1. The molecule has 0 bridgehead atoms. The molecule has 0 saturated carbocycles. The van der Waals surface area contributed by atoms with Crippen LogP contribution in [0.3, 0.4) is 0 Å². The second-order valence-electron chi connectivity index (χ2n) is 7.10. The lowest BCUT2D eigenvalue weighted by atomic mass is 9.94. The number of nitrogens with zero attached hydrogens (tertiary/aromatic N) is 1. The number of aryl methyl sites for hydroxylation is 1. The smallest absolute Gasteiger partial charge is 0.295 e. The highest BCUT2D eigenvalue weighted by atomic mass is 79.9. The number of halogens is 1. The zero-order valence-corrected chi connectivity index (χ0v) is 18.7. The van der Waals surface area contributed by atoms with Gasteiger partial charge in [-0.3, -0.25) is 9.59 Å². The number of benzene rings is 2. The highest BCUT2D eigenvalue weighted by Crippen LogP contribution is 2.40. The van der Waals surface area contributed by atoms with Gasteiger partial charge in [0.15, 0.2) is 0 Å². The lowest BCUT2D eigenvalue weighted by molar-refractivity contribution is -0.140. The lowest BCUT2D eigenvalue weighted by Gasteiger charge is -2.25. The molecule has 2 aromatic rings. The van der Waals surface area contributed by atoms with Crippen molar-refractivity contribution in [3.8, 4) is 5.75 Å². The van der Waals surface area contributed by atoms with Gasteiger partial charge in [-0.15, -0.1) is 0 Å². The summed E-state index contributed by atoms with van der Waals surface area (Å²) < 4.78 is 11.0. The molecule has 0 spiro atoms. The molecule has 1 amide bonds. The fourth-order valence-corrected chi connectivity index (χ4v) is 4.19. The van der Waals surface area contributed by atoms with E-state index in [0.29, 0.717) is 35.4 Å². The van der Waals surface area contributed by atoms with Crippen LogP contribution in [-0.4, -0.2) is 49.1 Å². The van der Waals surface area contributed by atoms with Crippen molar-refractivity contribution >= 4 is 33.4 Å². The number of Topliss-reactive ketones (excluding diaryl/α,β-unsaturated/α-hetero) is 1. The summed E-state index contributed by atoms with van der Waals surface area (Å²) in [5.74, 6) is -0.922. The maximum atomic E-state index is 13.0. The van der Waals surface area contributed by atoms with Crippen molar-refractivity contribution in [3.05, 3.63) is 69.2 Å². The minimum Gasteiger partial charge on any atom is -0.507 e. The topological polar surface area (TPSA) is 76.1 Å². The molecule has 6 nitrogen and oxygen atoms in total. The third-order valence-electron chi connectivity index (χ3n) is 5.07. The molecule has 1 aliphatic heterocycles. The summed E-state index contributed by atoms with van der Waals surface area (Å²) in [7, 11) is 3.14. The van der Waals surface area contributed by atoms with Crippen molar-refractivity contribution < 1.29 is 24.2 Å². The quantitative estimate of drug-likeness (QED) is 0.282. The van der Waals surface area contributed by atoms with Crippen LogP contribution in [0.5, 0.6) is 5.75 Å². The third-order valence-corrected chi connectivity index (χ3v) is 5.69. The van der Waals surface area contributed by atoms with E-state index < -0.39 is 17.7 Å². The van der Waals surface area contributed by atoms with E-state index in [1.165, 1.54) is 4.90 Å². The van der Waals surface area contributed by atoms with Crippen molar-refractivity contribution in [1.29, 1.82) is 0 Å². The van der Waals surface area contributed by atoms with Crippen LogP contribution >= 0.6 is 15.9 Å². The van der Waals surface area contributed by atoms with E-state index in [1.54, 1.807) is 32.4 Å². The monoisotopic (exact) mass is 473 g/mol. The largest absolute Gasteiger partial charge is 0.507 e. The van der Waals surface area contributed by atoms with E-state index in [9.17, 15) is 14.7 Å². The Bertz CT molecular complexity index is 1000. The predicted octanol–water partition coefficient (Wildman–Crippen LogP) is 4.22. The van der Waals surface area contributed by atoms with Crippen LogP contribution in [0.2, 0.25) is 0 Å². The Morgan fingerprint density at radius 3 is 2.57 bits per heavy atom. The fraction of sp³-hybridized carbons (Fsp3) is 0.304. The lowest BCUT2D eigenvalue weighted by Crippen LogP contribution is -2.31. The highest BCUT2D eigenvalue weighted by Gasteiger charge is 2.45. The first kappa shape index (κ1) is 22.1. The molecule has 1 fully saturated rings. The van der Waals surface area contributed by atoms with Gasteiger partial charge in [0.05, 0.1) is 23.2 Å². The van der Waals surface area contributed by atoms with Crippen molar-refractivity contribution in [2.45, 2.75) is 19.4 Å². The number of methoxy groups -OCH3 is 2. The van der Waals surface area contributed by atoms with E-state index in [4.69, 9.17) is 9.47 Å². The Labute approximate surface area is 184 Å². The van der Waals surface area contributed by atoms with Gasteiger partial charge in [-0.1, -0.05) is 29.8 Å². The average molecular weight is 474 g/mol. The molecule has 1 heterocycles. The summed E-state index contributed by atoms with van der Waals surface area (Å²) in [6.45, 7) is 2.76. The van der Waals surface area contributed by atoms with E-state index >= 15 is 0 Å². The molecule has 1 saturated heterocycles. The van der Waals surface area contributed by atoms with Crippen LogP contribution in [0.15, 0.2) is 52.5 Å². The fourth-order valence-electron chi connectivity index (χ4n) is 3.65. The van der Waals surface area contributed by atoms with Crippen molar-refractivity contribution in [3.63, 3.8) is 0 Å². The second-order valence-corrected chi connectivity index (χ2v) is 7.96. The number of carbonyl (C=O) groups excluding carboxylic acids is 2. The molecule has 158 valence electrons. The number of amides is 1. The van der Waals surface area contributed by atoms with Gasteiger partial charge in [-0.2, -0.15) is 0 Å². The molecule has 1 unspecified atom stereocenters. The van der Waals surface area contributed by atoms with E-state index in [2.05, 4.69) is 15.9 Å². The predicted molar refractivity (Wildman–Crippen MR) is 117 cm³/mol. The van der Waals surface area contributed by atoms with E-state index in [-0.39, 0.29) is 11.3 Å². The average Bonchev–Trinajstić information content (AvgIpc) is 2.98. The molecule has 0 radical (unpaired) electrons. The molecule has 2 aromatic carbocycles. The molecule has 1 aliphatic rings. The Morgan fingerprint density at radius 1 is 1.17 bits per heavy atom. The first-order chi connectivity index (χ1) is 14.4. The van der Waals surface area contributed by atoms with Crippen LogP contribution in [-0.2, 0) is 14.3 Å². The number of ether oxygens (including phenoxy) is 2. The first-order valence-corrected chi connectivity index (χ1v) is 10.4. The zero-order valence-electron chi connectivity index (χ0n) is 17.1. The van der Waals surface area contributed by atoms with Crippen LogP contribution in [0.4, 0.5) is 0 Å². The molecule has 1 atom stereocenters. The Morgan fingerprint density at radius 2 is 1.93 bits per heavy atom. The van der Waals surface area contributed by atoms with Crippen LogP contribution in [0.25, 0.3) is 5.76 Å². The molecule has 0 aromatic heterocycles. The number of hydrogen-bond donors (Lipinski definition) is 1. The Kier molecular flexibility index (Phi) is 6.95. The summed E-state index contributed by atoms with van der Waals surface area (Å²) in [6.07, 6.45) is 0.583. The van der Waals surface area contributed by atoms with Gasteiger partial charge in [0.2, 0.25) is 0 Å². The maximum Gasteiger partial charge on any atom is 0.295 e. The van der Waals surface area contributed by atoms with Gasteiger partial charge in [0.1, 0.15) is 11.5 Å². The molecule has 1 N–H and O–H groups in total. The normalized spacial score (nSPS) is 18.1. The molecular weight excluding hydrogens is 450 g/mol. The first-order valence-electron chi connectivity index (χ1n) is 9.56. The summed E-state index contributed by atoms with van der Waals surface area (Å²) in [5, 5.41) is 11.1. The third kappa shape index (κ3) is 4.27. The van der Waals surface area contributed by atoms with Crippen molar-refractivity contribution in [2.75, 3.05) is 27.4 Å². The standard InChI is InChI=1S/C23H24BrNO5/c1-14-6-4-7-15(12-14)20-19(22(27)23(28)25(20)10-5-11-29-2)21(26)16-8-9-18(30-3)17(24)13-16/h4,6-9,12-13,20,26H,5,10-11H2,1-3H3/b21-19-. The number of ketones is 1. The summed E-state index contributed by atoms with van der Waals surface area (Å²) in [6, 6.07) is 12.0. The van der Waals surface area contributed by atoms with Gasteiger partial charge in [-0.25, -0.2) is 0 Å². The van der Waals surface area contributed by atoms with Crippen molar-refractivity contribution in [2.24, 2.45) is 0 Å². The molecule has 7 heteroatoms. The van der Waals surface area contributed by atoms with Gasteiger partial charge in [0, 0.05) is 25.8 Å². The minimum absolute atomic E-state index is 0.0834. The summed E-state index contributed by atoms with van der Waals surface area (Å²) >= 11 is 3.40. The number of likely N-dealkylation sites (tertiary alicyclic amines) is 1. The van der Waals surface area contributed by atoms with Crippen molar-refractivity contribution in [1.82, 2.24) is 4.90 Å². The van der Waals surface area contributed by atoms with Crippen LogP contribution in [0.1, 0.15) is 29.2 Å². The number of aliphatic hydroxyl groups is 1. The maximum absolute atomic E-state index is 13.0. The van der Waals surface area contributed by atoms with Gasteiger partial charge in [-0.05, 0) is 53.0 Å². The molecular formula is C23H24BrNO5. The zero-order chi connectivity index (χ0) is 21.8. The molecule has 3 rings (SSSR count). The second kappa shape index (κ2) is 9.45. The van der Waals surface area contributed by atoms with Crippen LogP contribution in [0, 0.1) is 6.92 Å². The minimum atomic E-state index is -0.691.